The van der Waals surface area contributed by atoms with E-state index in [1.807, 2.05) is 24.3 Å². The molecule has 4 aromatic heterocycles. The van der Waals surface area contributed by atoms with Gasteiger partial charge in [0.2, 0.25) is 0 Å². The van der Waals surface area contributed by atoms with Crippen LogP contribution in [0.1, 0.15) is 26.5 Å². The first-order chi connectivity index (χ1) is 14.5. The van der Waals surface area contributed by atoms with Gasteiger partial charge in [-0.15, -0.1) is 0 Å². The van der Waals surface area contributed by atoms with Gasteiger partial charge < -0.3 is 10.3 Å². The first-order valence-corrected chi connectivity index (χ1v) is 9.91. The van der Waals surface area contributed by atoms with Gasteiger partial charge in [-0.05, 0) is 48.5 Å². The lowest BCUT2D eigenvalue weighted by Crippen LogP contribution is -2.10. The molecule has 0 aliphatic heterocycles. The molecule has 30 heavy (non-hydrogen) atoms. The van der Waals surface area contributed by atoms with E-state index < -0.39 is 0 Å². The molecular weight excluding hydrogens is 372 g/mol. The monoisotopic (exact) mass is 394 g/mol. The van der Waals surface area contributed by atoms with Crippen molar-refractivity contribution in [1.82, 2.24) is 24.9 Å². The van der Waals surface area contributed by atoms with Gasteiger partial charge in [0.15, 0.2) is 11.5 Å². The summed E-state index contributed by atoms with van der Waals surface area (Å²) in [6, 6.07) is 16.2. The predicted molar refractivity (Wildman–Crippen MR) is 121 cm³/mol. The molecule has 0 atom stereocenters. The number of hydrogen-bond donors (Lipinski definition) is 2. The fourth-order valence-electron chi connectivity index (χ4n) is 3.44. The molecule has 0 saturated heterocycles. The van der Waals surface area contributed by atoms with E-state index in [2.05, 4.69) is 70.3 Å². The Labute approximate surface area is 174 Å². The Bertz CT molecular complexity index is 1350. The lowest BCUT2D eigenvalue weighted by molar-refractivity contribution is 0.574. The van der Waals surface area contributed by atoms with Crippen LogP contribution in [0.5, 0.6) is 0 Å². The minimum Gasteiger partial charge on any atom is -0.358 e. The van der Waals surface area contributed by atoms with Crippen molar-refractivity contribution in [2.75, 3.05) is 5.32 Å². The quantitative estimate of drug-likeness (QED) is 0.416. The molecule has 0 saturated carbocycles. The second-order valence-electron chi connectivity index (χ2n) is 8.37. The van der Waals surface area contributed by atoms with Crippen molar-refractivity contribution < 1.29 is 0 Å². The molecule has 5 rings (SSSR count). The number of anilines is 2. The highest BCUT2D eigenvalue weighted by molar-refractivity contribution is 5.91. The average Bonchev–Trinajstić information content (AvgIpc) is 3.18. The molecule has 2 N–H and O–H groups in total. The highest BCUT2D eigenvalue weighted by atomic mass is 15.1. The van der Waals surface area contributed by atoms with Crippen LogP contribution in [0.4, 0.5) is 11.5 Å². The largest absolute Gasteiger partial charge is 0.358 e. The van der Waals surface area contributed by atoms with Gasteiger partial charge >= 0.3 is 0 Å². The Kier molecular flexibility index (Phi) is 4.20. The van der Waals surface area contributed by atoms with Gasteiger partial charge in [0, 0.05) is 51.9 Å². The molecule has 0 radical (unpaired) electrons. The number of pyridine rings is 2. The van der Waals surface area contributed by atoms with Crippen LogP contribution in [0, 0.1) is 0 Å². The minimum absolute atomic E-state index is 0.0700. The van der Waals surface area contributed by atoms with E-state index in [0.717, 1.165) is 33.4 Å². The molecule has 4 heterocycles. The molecule has 0 fully saturated rings. The van der Waals surface area contributed by atoms with Gasteiger partial charge in [-0.3, -0.25) is 4.98 Å². The summed E-state index contributed by atoms with van der Waals surface area (Å²) in [6.45, 7) is 6.62. The first-order valence-electron chi connectivity index (χ1n) is 9.91. The number of fused-ring (bicyclic) bond motifs is 2. The normalized spacial score (nSPS) is 11.8. The third-order valence-corrected chi connectivity index (χ3v) is 5.10. The van der Waals surface area contributed by atoms with Gasteiger partial charge in [-0.1, -0.05) is 20.8 Å². The Hall–Kier alpha value is -3.80. The number of H-pyrrole nitrogens is 1. The Morgan fingerprint density at radius 1 is 0.900 bits per heavy atom. The number of nitrogens with zero attached hydrogens (tertiary/aromatic N) is 4. The Morgan fingerprint density at radius 2 is 1.73 bits per heavy atom. The number of aromatic nitrogens is 5. The van der Waals surface area contributed by atoms with Gasteiger partial charge in [0.05, 0.1) is 5.39 Å². The summed E-state index contributed by atoms with van der Waals surface area (Å²) in [4.78, 5) is 21.5. The minimum atomic E-state index is 0.0700. The second-order valence-corrected chi connectivity index (χ2v) is 8.37. The number of rotatable bonds is 3. The highest BCUT2D eigenvalue weighted by Gasteiger charge is 2.16. The maximum atomic E-state index is 4.79. The predicted octanol–water partition coefficient (Wildman–Crippen LogP) is 5.61. The maximum absolute atomic E-state index is 4.79. The third-order valence-electron chi connectivity index (χ3n) is 5.10. The second kappa shape index (κ2) is 6.91. The van der Waals surface area contributed by atoms with Crippen molar-refractivity contribution in [3.63, 3.8) is 0 Å². The number of aromatic amines is 1. The molecule has 0 spiro atoms. The lowest BCUT2D eigenvalue weighted by Gasteiger charge is -2.15. The van der Waals surface area contributed by atoms with E-state index >= 15 is 0 Å². The van der Waals surface area contributed by atoms with Gasteiger partial charge in [0.25, 0.3) is 0 Å². The molecule has 6 nitrogen and oxygen atoms in total. The molecule has 0 amide bonds. The average molecular weight is 394 g/mol. The van der Waals surface area contributed by atoms with E-state index in [4.69, 9.17) is 4.98 Å². The number of benzene rings is 1. The lowest BCUT2D eigenvalue weighted by atomic mass is 9.92. The first kappa shape index (κ1) is 18.2. The Morgan fingerprint density at radius 3 is 2.53 bits per heavy atom. The molecule has 1 aromatic carbocycles. The SMILES string of the molecule is CC(C)(C)c1cc2cc(Nc3nc(-c4ccncc4)nc4ncccc34)ccc2[nH]1. The van der Waals surface area contributed by atoms with E-state index in [0.29, 0.717) is 11.5 Å². The Balaban J connectivity index is 1.59. The van der Waals surface area contributed by atoms with Crippen molar-refractivity contribution in [3.8, 4) is 11.4 Å². The fourth-order valence-corrected chi connectivity index (χ4v) is 3.44. The van der Waals surface area contributed by atoms with E-state index in [1.54, 1.807) is 18.6 Å². The van der Waals surface area contributed by atoms with Crippen molar-refractivity contribution >= 4 is 33.4 Å². The van der Waals surface area contributed by atoms with Crippen molar-refractivity contribution in [2.45, 2.75) is 26.2 Å². The fraction of sp³-hybridized carbons (Fsp3) is 0.167. The van der Waals surface area contributed by atoms with Crippen molar-refractivity contribution in [2.24, 2.45) is 0 Å². The van der Waals surface area contributed by atoms with Crippen LogP contribution in [-0.2, 0) is 5.41 Å². The van der Waals surface area contributed by atoms with Crippen LogP contribution in [0.3, 0.4) is 0 Å². The molecular formula is C24H22N6. The molecule has 6 heteroatoms. The summed E-state index contributed by atoms with van der Waals surface area (Å²) in [7, 11) is 0. The number of nitrogens with one attached hydrogen (secondary N) is 2. The van der Waals surface area contributed by atoms with Crippen LogP contribution in [0.15, 0.2) is 67.1 Å². The summed E-state index contributed by atoms with van der Waals surface area (Å²) in [5.41, 5.74) is 4.92. The highest BCUT2D eigenvalue weighted by Crippen LogP contribution is 2.30. The smallest absolute Gasteiger partial charge is 0.165 e. The summed E-state index contributed by atoms with van der Waals surface area (Å²) in [5, 5.41) is 5.51. The van der Waals surface area contributed by atoms with Crippen molar-refractivity contribution in [3.05, 3.63) is 72.8 Å². The number of hydrogen-bond acceptors (Lipinski definition) is 5. The summed E-state index contributed by atoms with van der Waals surface area (Å²) >= 11 is 0. The van der Waals surface area contributed by atoms with E-state index in [-0.39, 0.29) is 5.41 Å². The van der Waals surface area contributed by atoms with Crippen molar-refractivity contribution in [1.29, 1.82) is 0 Å². The molecule has 5 aromatic rings. The van der Waals surface area contributed by atoms with E-state index in [9.17, 15) is 0 Å². The molecule has 0 unspecified atom stereocenters. The molecule has 0 aliphatic rings. The zero-order valence-corrected chi connectivity index (χ0v) is 17.1. The van der Waals surface area contributed by atoms with Gasteiger partial charge in [-0.25, -0.2) is 15.0 Å². The van der Waals surface area contributed by atoms with E-state index in [1.165, 1.54) is 5.69 Å². The maximum Gasteiger partial charge on any atom is 0.165 e. The van der Waals surface area contributed by atoms with Gasteiger partial charge in [0.1, 0.15) is 5.82 Å². The van der Waals surface area contributed by atoms with Crippen LogP contribution in [0.2, 0.25) is 0 Å². The molecule has 148 valence electrons. The summed E-state index contributed by atoms with van der Waals surface area (Å²) in [6.07, 6.45) is 5.22. The summed E-state index contributed by atoms with van der Waals surface area (Å²) < 4.78 is 0. The van der Waals surface area contributed by atoms with Crippen LogP contribution >= 0.6 is 0 Å². The summed E-state index contributed by atoms with van der Waals surface area (Å²) in [5.74, 6) is 1.34. The van der Waals surface area contributed by atoms with Crippen LogP contribution < -0.4 is 5.32 Å². The molecule has 0 aliphatic carbocycles. The zero-order valence-electron chi connectivity index (χ0n) is 17.1. The van der Waals surface area contributed by atoms with Gasteiger partial charge in [-0.2, -0.15) is 0 Å². The topological polar surface area (TPSA) is 79.4 Å². The molecule has 0 bridgehead atoms. The standard InChI is InChI=1S/C24H22N6/c1-24(2,3)20-14-16-13-17(6-7-19(16)28-20)27-23-18-5-4-10-26-22(18)29-21(30-23)15-8-11-25-12-9-15/h4-14,28H,1-3H3,(H,26,27,29,30). The van der Waals surface area contributed by atoms with Crippen LogP contribution in [0.25, 0.3) is 33.3 Å². The zero-order chi connectivity index (χ0) is 20.7. The third kappa shape index (κ3) is 3.37. The van der Waals surface area contributed by atoms with Crippen LogP contribution in [-0.4, -0.2) is 24.9 Å².